The molecular weight excluding hydrogens is 276 g/mol. The molecule has 0 aliphatic heterocycles. The van der Waals surface area contributed by atoms with Gasteiger partial charge in [-0.15, -0.1) is 0 Å². The number of nitrogens with one attached hydrogen (secondary N) is 1. The molecule has 1 atom stereocenters. The van der Waals surface area contributed by atoms with E-state index in [4.69, 9.17) is 4.74 Å². The predicted molar refractivity (Wildman–Crippen MR) is 75.5 cm³/mol. The molecule has 1 unspecified atom stereocenters. The molecule has 2 N–H and O–H groups in total. The summed E-state index contributed by atoms with van der Waals surface area (Å²) in [7, 11) is 1.59. The third-order valence-electron chi connectivity index (χ3n) is 3.94. The van der Waals surface area contributed by atoms with Gasteiger partial charge in [-0.05, 0) is 44.4 Å². The summed E-state index contributed by atoms with van der Waals surface area (Å²) < 4.78 is 5.60. The largest absolute Gasteiger partial charge is 0.490 e. The summed E-state index contributed by atoms with van der Waals surface area (Å²) in [4.78, 5) is 21.9. The Bertz CT molecular complexity index is 570. The quantitative estimate of drug-likeness (QED) is 0.586. The van der Waals surface area contributed by atoms with E-state index >= 15 is 0 Å². The number of carboxylic acids is 1. The summed E-state index contributed by atoms with van der Waals surface area (Å²) in [5.41, 5.74) is -0.490. The number of nitrogens with zero attached hydrogens (tertiary/aromatic N) is 1. The van der Waals surface area contributed by atoms with E-state index in [0.29, 0.717) is 5.75 Å². The van der Waals surface area contributed by atoms with Crippen molar-refractivity contribution in [1.82, 2.24) is 5.32 Å². The lowest BCUT2D eigenvalue weighted by Crippen LogP contribution is -2.56. The van der Waals surface area contributed by atoms with E-state index in [1.807, 2.05) is 0 Å². The van der Waals surface area contributed by atoms with Gasteiger partial charge >= 0.3 is 5.97 Å². The van der Waals surface area contributed by atoms with Gasteiger partial charge in [-0.1, -0.05) is 0 Å². The molecule has 7 heteroatoms. The average Bonchev–Trinajstić information content (AvgIpc) is 3.26. The number of hydrogen-bond acceptors (Lipinski definition) is 5. The number of likely N-dealkylation sites (N-methyl/N-ethyl adjacent to an activating group) is 1. The first-order valence-corrected chi connectivity index (χ1v) is 6.71. The number of nitro groups is 1. The topological polar surface area (TPSA) is 102 Å². The van der Waals surface area contributed by atoms with Crippen LogP contribution in [0.2, 0.25) is 0 Å². The molecule has 1 aliphatic rings. The Hall–Kier alpha value is -2.15. The van der Waals surface area contributed by atoms with Crippen LogP contribution in [0.3, 0.4) is 0 Å². The molecule has 1 fully saturated rings. The smallest absolute Gasteiger partial charge is 0.327 e. The van der Waals surface area contributed by atoms with Crippen LogP contribution >= 0.6 is 0 Å². The fraction of sp³-hybridized carbons (Fsp3) is 0.500. The SMILES string of the molecule is CNC(COc1cc([N+](=O)[O-])ccc1C)(C(=O)O)C1CC1. The van der Waals surface area contributed by atoms with Crippen molar-refractivity contribution in [3.05, 3.63) is 33.9 Å². The number of aryl methyl sites for hydroxylation is 1. The van der Waals surface area contributed by atoms with Crippen LogP contribution in [-0.4, -0.2) is 35.2 Å². The van der Waals surface area contributed by atoms with E-state index in [1.165, 1.54) is 12.1 Å². The normalized spacial score (nSPS) is 17.0. The zero-order valence-electron chi connectivity index (χ0n) is 12.0. The predicted octanol–water partition coefficient (Wildman–Crippen LogP) is 1.73. The van der Waals surface area contributed by atoms with E-state index in [-0.39, 0.29) is 18.2 Å². The van der Waals surface area contributed by atoms with Gasteiger partial charge in [0.1, 0.15) is 12.4 Å². The minimum atomic E-state index is -1.14. The van der Waals surface area contributed by atoms with E-state index in [2.05, 4.69) is 5.32 Å². The van der Waals surface area contributed by atoms with E-state index in [9.17, 15) is 20.0 Å². The zero-order valence-corrected chi connectivity index (χ0v) is 12.0. The second-order valence-electron chi connectivity index (χ2n) is 5.30. The first kappa shape index (κ1) is 15.2. The molecule has 1 aliphatic carbocycles. The number of hydrogen-bond donors (Lipinski definition) is 2. The monoisotopic (exact) mass is 294 g/mol. The molecule has 21 heavy (non-hydrogen) atoms. The number of rotatable bonds is 7. The summed E-state index contributed by atoms with van der Waals surface area (Å²) in [5.74, 6) is -0.597. The van der Waals surface area contributed by atoms with Crippen molar-refractivity contribution in [2.75, 3.05) is 13.7 Å². The van der Waals surface area contributed by atoms with E-state index in [1.54, 1.807) is 20.0 Å². The molecule has 2 rings (SSSR count). The lowest BCUT2D eigenvalue weighted by Gasteiger charge is -2.29. The third kappa shape index (κ3) is 2.97. The Morgan fingerprint density at radius 2 is 2.24 bits per heavy atom. The molecule has 114 valence electrons. The third-order valence-corrected chi connectivity index (χ3v) is 3.94. The summed E-state index contributed by atoms with van der Waals surface area (Å²) >= 11 is 0. The van der Waals surface area contributed by atoms with Gasteiger partial charge in [-0.25, -0.2) is 0 Å². The molecule has 0 saturated heterocycles. The Morgan fingerprint density at radius 3 is 2.71 bits per heavy atom. The molecule has 1 saturated carbocycles. The maximum atomic E-state index is 11.6. The van der Waals surface area contributed by atoms with Crippen molar-refractivity contribution in [1.29, 1.82) is 0 Å². The van der Waals surface area contributed by atoms with Crippen LogP contribution in [0, 0.1) is 23.0 Å². The molecule has 0 radical (unpaired) electrons. The highest BCUT2D eigenvalue weighted by molar-refractivity contribution is 5.80. The maximum absolute atomic E-state index is 11.6. The lowest BCUT2D eigenvalue weighted by atomic mass is 9.94. The van der Waals surface area contributed by atoms with Crippen molar-refractivity contribution in [3.63, 3.8) is 0 Å². The van der Waals surface area contributed by atoms with Gasteiger partial charge in [0.05, 0.1) is 11.0 Å². The number of aliphatic carboxylic acids is 1. The number of ether oxygens (including phenoxy) is 1. The van der Waals surface area contributed by atoms with Gasteiger partial charge < -0.3 is 15.2 Å². The minimum Gasteiger partial charge on any atom is -0.490 e. The summed E-state index contributed by atoms with van der Waals surface area (Å²) in [6, 6.07) is 4.31. The highest BCUT2D eigenvalue weighted by Gasteiger charge is 2.51. The van der Waals surface area contributed by atoms with Gasteiger partial charge in [-0.2, -0.15) is 0 Å². The van der Waals surface area contributed by atoms with Crippen molar-refractivity contribution in [2.45, 2.75) is 25.3 Å². The van der Waals surface area contributed by atoms with Crippen LogP contribution in [0.15, 0.2) is 18.2 Å². The minimum absolute atomic E-state index is 0.0269. The Balaban J connectivity index is 2.19. The summed E-state index contributed by atoms with van der Waals surface area (Å²) in [6.45, 7) is 1.70. The Kier molecular flexibility index (Phi) is 4.13. The van der Waals surface area contributed by atoms with Crippen molar-refractivity contribution in [2.24, 2.45) is 5.92 Å². The fourth-order valence-corrected chi connectivity index (χ4v) is 2.36. The van der Waals surface area contributed by atoms with Gasteiger partial charge in [0.15, 0.2) is 5.54 Å². The average molecular weight is 294 g/mol. The molecule has 7 nitrogen and oxygen atoms in total. The first-order valence-electron chi connectivity index (χ1n) is 6.71. The summed E-state index contributed by atoms with van der Waals surface area (Å²) in [5, 5.41) is 23.1. The van der Waals surface area contributed by atoms with Crippen LogP contribution < -0.4 is 10.1 Å². The van der Waals surface area contributed by atoms with Gasteiger partial charge in [0.25, 0.3) is 5.69 Å². The van der Waals surface area contributed by atoms with Crippen molar-refractivity contribution >= 4 is 11.7 Å². The number of carboxylic acid groups (broad SMARTS) is 1. The zero-order chi connectivity index (χ0) is 15.6. The van der Waals surface area contributed by atoms with Gasteiger partial charge in [-0.3, -0.25) is 14.9 Å². The lowest BCUT2D eigenvalue weighted by molar-refractivity contribution is -0.385. The van der Waals surface area contributed by atoms with Crippen LogP contribution in [0.5, 0.6) is 5.75 Å². The number of carbonyl (C=O) groups is 1. The van der Waals surface area contributed by atoms with Crippen LogP contribution in [-0.2, 0) is 4.79 Å². The van der Waals surface area contributed by atoms with E-state index < -0.39 is 16.4 Å². The molecular formula is C14H18N2O5. The van der Waals surface area contributed by atoms with Crippen LogP contribution in [0.25, 0.3) is 0 Å². The highest BCUT2D eigenvalue weighted by atomic mass is 16.6. The first-order chi connectivity index (χ1) is 9.90. The highest BCUT2D eigenvalue weighted by Crippen LogP contribution is 2.40. The molecule has 0 heterocycles. The number of benzene rings is 1. The van der Waals surface area contributed by atoms with Gasteiger partial charge in [0, 0.05) is 6.07 Å². The second-order valence-corrected chi connectivity index (χ2v) is 5.30. The van der Waals surface area contributed by atoms with Crippen LogP contribution in [0.1, 0.15) is 18.4 Å². The van der Waals surface area contributed by atoms with Gasteiger partial charge in [0.2, 0.25) is 0 Å². The van der Waals surface area contributed by atoms with Crippen LogP contribution in [0.4, 0.5) is 5.69 Å². The number of nitro benzene ring substituents is 1. The van der Waals surface area contributed by atoms with Crippen molar-refractivity contribution < 1.29 is 19.6 Å². The molecule has 1 aromatic rings. The second kappa shape index (κ2) is 5.69. The van der Waals surface area contributed by atoms with Crippen molar-refractivity contribution in [3.8, 4) is 5.75 Å². The molecule has 0 spiro atoms. The summed E-state index contributed by atoms with van der Waals surface area (Å²) in [6.07, 6.45) is 1.68. The fourth-order valence-electron chi connectivity index (χ4n) is 2.36. The molecule has 0 amide bonds. The molecule has 0 aromatic heterocycles. The Morgan fingerprint density at radius 1 is 1.57 bits per heavy atom. The maximum Gasteiger partial charge on any atom is 0.327 e. The molecule has 0 bridgehead atoms. The number of non-ortho nitro benzene ring substituents is 1. The Labute approximate surface area is 122 Å². The molecule has 1 aromatic carbocycles. The standard InChI is InChI=1S/C14H18N2O5/c1-9-3-6-11(16(19)20)7-12(9)21-8-14(15-2,13(17)18)10-4-5-10/h3,6-7,10,15H,4-5,8H2,1-2H3,(H,17,18). The van der Waals surface area contributed by atoms with E-state index in [0.717, 1.165) is 18.4 Å².